The van der Waals surface area contributed by atoms with Gasteiger partial charge in [0.15, 0.2) is 0 Å². The van der Waals surface area contributed by atoms with Crippen LogP contribution in [0.25, 0.3) is 0 Å². The lowest BCUT2D eigenvalue weighted by atomic mass is 9.93. The molecule has 2 heterocycles. The van der Waals surface area contributed by atoms with Crippen LogP contribution in [0.2, 0.25) is 0 Å². The summed E-state index contributed by atoms with van der Waals surface area (Å²) in [5.41, 5.74) is 7.30. The average molecular weight is 263 g/mol. The van der Waals surface area contributed by atoms with E-state index in [1.165, 1.54) is 0 Å². The molecule has 2 N–H and O–H groups in total. The normalized spacial score (nSPS) is 33.6. The number of fused-ring (bicyclic) bond motifs is 1. The fourth-order valence-electron chi connectivity index (χ4n) is 2.97. The zero-order valence-electron chi connectivity index (χ0n) is 11.5. The molecule has 0 aromatic heterocycles. The largest absolute Gasteiger partial charge is 0.497 e. The van der Waals surface area contributed by atoms with E-state index < -0.39 is 0 Å². The molecule has 4 nitrogen and oxygen atoms in total. The van der Waals surface area contributed by atoms with Gasteiger partial charge < -0.3 is 19.9 Å². The minimum atomic E-state index is -0.0108. The fraction of sp³-hybridized carbons (Fsp3) is 0.600. The number of hydrogen-bond donors (Lipinski definition) is 1. The minimum absolute atomic E-state index is 0.0108. The quantitative estimate of drug-likeness (QED) is 0.890. The molecule has 0 amide bonds. The second-order valence-corrected chi connectivity index (χ2v) is 5.46. The molecule has 104 valence electrons. The predicted molar refractivity (Wildman–Crippen MR) is 72.5 cm³/mol. The first-order chi connectivity index (χ1) is 9.17. The van der Waals surface area contributed by atoms with Crippen LogP contribution in [0.5, 0.6) is 11.5 Å². The van der Waals surface area contributed by atoms with Gasteiger partial charge in [-0.05, 0) is 38.0 Å². The first kappa shape index (κ1) is 12.8. The van der Waals surface area contributed by atoms with Crippen LogP contribution >= 0.6 is 0 Å². The number of rotatable bonds is 2. The van der Waals surface area contributed by atoms with Crippen molar-refractivity contribution < 1.29 is 14.2 Å². The van der Waals surface area contributed by atoms with E-state index in [0.29, 0.717) is 6.10 Å². The maximum absolute atomic E-state index is 6.27. The van der Waals surface area contributed by atoms with E-state index in [2.05, 4.69) is 6.92 Å². The molecule has 3 rings (SSSR count). The van der Waals surface area contributed by atoms with Crippen molar-refractivity contribution in [2.45, 2.75) is 50.5 Å². The van der Waals surface area contributed by atoms with Crippen molar-refractivity contribution >= 4 is 0 Å². The molecular formula is C15H21NO3. The van der Waals surface area contributed by atoms with E-state index in [-0.39, 0.29) is 18.2 Å². The van der Waals surface area contributed by atoms with Crippen LogP contribution in [-0.2, 0) is 4.74 Å². The zero-order chi connectivity index (χ0) is 13.4. The molecule has 0 bridgehead atoms. The summed E-state index contributed by atoms with van der Waals surface area (Å²) in [7, 11) is 1.66. The lowest BCUT2D eigenvalue weighted by Crippen LogP contribution is -2.38. The van der Waals surface area contributed by atoms with Gasteiger partial charge in [-0.15, -0.1) is 0 Å². The molecule has 0 aliphatic carbocycles. The Labute approximate surface area is 113 Å². The summed E-state index contributed by atoms with van der Waals surface area (Å²) in [6.45, 7) is 2.11. The molecule has 1 saturated heterocycles. The molecule has 4 heteroatoms. The van der Waals surface area contributed by atoms with E-state index in [4.69, 9.17) is 19.9 Å². The van der Waals surface area contributed by atoms with E-state index in [1.807, 2.05) is 18.2 Å². The van der Waals surface area contributed by atoms with Crippen molar-refractivity contribution in [2.75, 3.05) is 7.11 Å². The van der Waals surface area contributed by atoms with Gasteiger partial charge in [0.05, 0.1) is 19.3 Å². The highest BCUT2D eigenvalue weighted by Crippen LogP contribution is 2.39. The third kappa shape index (κ3) is 2.42. The van der Waals surface area contributed by atoms with E-state index in [9.17, 15) is 0 Å². The molecule has 3 unspecified atom stereocenters. The Morgan fingerprint density at radius 1 is 1.26 bits per heavy atom. The highest BCUT2D eigenvalue weighted by Gasteiger charge is 2.36. The molecular weight excluding hydrogens is 242 g/mol. The highest BCUT2D eigenvalue weighted by molar-refractivity contribution is 5.43. The molecule has 19 heavy (non-hydrogen) atoms. The van der Waals surface area contributed by atoms with Crippen LogP contribution in [0.4, 0.5) is 0 Å². The van der Waals surface area contributed by atoms with Crippen molar-refractivity contribution in [1.29, 1.82) is 0 Å². The van der Waals surface area contributed by atoms with Gasteiger partial charge in [-0.1, -0.05) is 0 Å². The van der Waals surface area contributed by atoms with Gasteiger partial charge in [0.25, 0.3) is 0 Å². The summed E-state index contributed by atoms with van der Waals surface area (Å²) in [4.78, 5) is 0. The third-order valence-electron chi connectivity index (χ3n) is 4.06. The highest BCUT2D eigenvalue weighted by atomic mass is 16.6. The van der Waals surface area contributed by atoms with Gasteiger partial charge in [-0.3, -0.25) is 0 Å². The van der Waals surface area contributed by atoms with Gasteiger partial charge in [0, 0.05) is 18.0 Å². The molecule has 0 spiro atoms. The van der Waals surface area contributed by atoms with Crippen LogP contribution < -0.4 is 15.2 Å². The molecule has 4 atom stereocenters. The number of benzene rings is 1. The fourth-order valence-corrected chi connectivity index (χ4v) is 2.97. The topological polar surface area (TPSA) is 53.7 Å². The van der Waals surface area contributed by atoms with Crippen LogP contribution in [0, 0.1) is 0 Å². The van der Waals surface area contributed by atoms with Crippen LogP contribution in [0.1, 0.15) is 37.8 Å². The zero-order valence-corrected chi connectivity index (χ0v) is 11.5. The van der Waals surface area contributed by atoms with Gasteiger partial charge >= 0.3 is 0 Å². The summed E-state index contributed by atoms with van der Waals surface area (Å²) in [5.74, 6) is 1.69. The Kier molecular flexibility index (Phi) is 3.37. The monoisotopic (exact) mass is 263 g/mol. The van der Waals surface area contributed by atoms with E-state index >= 15 is 0 Å². The molecule has 1 fully saturated rings. The summed E-state index contributed by atoms with van der Waals surface area (Å²) < 4.78 is 17.2. The lowest BCUT2D eigenvalue weighted by Gasteiger charge is -2.33. The van der Waals surface area contributed by atoms with Crippen molar-refractivity contribution in [3.8, 4) is 11.5 Å². The number of ether oxygens (including phenoxy) is 3. The molecule has 2 aliphatic rings. The van der Waals surface area contributed by atoms with E-state index in [1.54, 1.807) is 7.11 Å². The third-order valence-corrected chi connectivity index (χ3v) is 4.06. The maximum atomic E-state index is 6.27. The van der Waals surface area contributed by atoms with Crippen molar-refractivity contribution in [2.24, 2.45) is 5.73 Å². The summed E-state index contributed by atoms with van der Waals surface area (Å²) in [5, 5.41) is 0. The molecule has 0 saturated carbocycles. The Bertz CT molecular complexity index is 463. The summed E-state index contributed by atoms with van der Waals surface area (Å²) in [6, 6.07) is 5.81. The van der Waals surface area contributed by atoms with Gasteiger partial charge in [0.1, 0.15) is 17.6 Å². The van der Waals surface area contributed by atoms with Crippen LogP contribution in [0.3, 0.4) is 0 Å². The standard InChI is InChI=1S/C15H21NO3/c1-9-3-5-14(18-9)15-8-12(16)11-7-10(17-2)4-6-13(11)19-15/h4,6-7,9,12,14-15H,3,5,8,16H2,1-2H3/t9?,12-,14?,15?/m1/s1. The number of nitrogens with two attached hydrogens (primary N) is 1. The number of methoxy groups -OCH3 is 1. The predicted octanol–water partition coefficient (Wildman–Crippen LogP) is 2.41. The molecule has 1 aromatic carbocycles. The smallest absolute Gasteiger partial charge is 0.127 e. The van der Waals surface area contributed by atoms with Crippen molar-refractivity contribution in [3.63, 3.8) is 0 Å². The molecule has 0 radical (unpaired) electrons. The average Bonchev–Trinajstić information content (AvgIpc) is 2.85. The first-order valence-electron chi connectivity index (χ1n) is 6.93. The molecule has 2 aliphatic heterocycles. The van der Waals surface area contributed by atoms with Crippen molar-refractivity contribution in [1.82, 2.24) is 0 Å². The second kappa shape index (κ2) is 5.02. The second-order valence-electron chi connectivity index (χ2n) is 5.46. The minimum Gasteiger partial charge on any atom is -0.497 e. The van der Waals surface area contributed by atoms with E-state index in [0.717, 1.165) is 36.3 Å². The van der Waals surface area contributed by atoms with Gasteiger partial charge in [0.2, 0.25) is 0 Å². The van der Waals surface area contributed by atoms with Crippen molar-refractivity contribution in [3.05, 3.63) is 23.8 Å². The maximum Gasteiger partial charge on any atom is 0.127 e. The first-order valence-corrected chi connectivity index (χ1v) is 6.93. The Hall–Kier alpha value is -1.26. The summed E-state index contributed by atoms with van der Waals surface area (Å²) >= 11 is 0. The number of hydrogen-bond acceptors (Lipinski definition) is 4. The van der Waals surface area contributed by atoms with Crippen LogP contribution in [-0.4, -0.2) is 25.4 Å². The lowest BCUT2D eigenvalue weighted by molar-refractivity contribution is -0.0281. The SMILES string of the molecule is COc1ccc2c(c1)[C@H](N)CC(C1CCC(C)O1)O2. The van der Waals surface area contributed by atoms with Gasteiger partial charge in [-0.2, -0.15) is 0 Å². The Morgan fingerprint density at radius 3 is 2.79 bits per heavy atom. The van der Waals surface area contributed by atoms with Crippen LogP contribution in [0.15, 0.2) is 18.2 Å². The Morgan fingerprint density at radius 2 is 2.11 bits per heavy atom. The molecule has 1 aromatic rings. The van der Waals surface area contributed by atoms with Gasteiger partial charge in [-0.25, -0.2) is 0 Å². The summed E-state index contributed by atoms with van der Waals surface area (Å²) in [6.07, 6.45) is 3.55. The Balaban J connectivity index is 1.80.